The highest BCUT2D eigenvalue weighted by Gasteiger charge is 2.04. The maximum Gasteiger partial charge on any atom is 0.266 e. The fraction of sp³-hybridized carbons (Fsp3) is 0.200. The summed E-state index contributed by atoms with van der Waals surface area (Å²) in [6.45, 7) is 0. The number of benzene rings is 1. The van der Waals surface area contributed by atoms with Gasteiger partial charge in [-0.15, -0.1) is 0 Å². The van der Waals surface area contributed by atoms with Gasteiger partial charge < -0.3 is 5.11 Å². The van der Waals surface area contributed by atoms with Gasteiger partial charge in [0, 0.05) is 6.42 Å². The smallest absolute Gasteiger partial charge is 0.266 e. The Morgan fingerprint density at radius 3 is 2.46 bits per heavy atom. The lowest BCUT2D eigenvalue weighted by molar-refractivity contribution is 0.179. The minimum absolute atomic E-state index is 0.0493. The summed E-state index contributed by atoms with van der Waals surface area (Å²) in [6, 6.07) is 8.73. The molecule has 0 aliphatic carbocycles. The van der Waals surface area contributed by atoms with Crippen LogP contribution in [-0.4, -0.2) is 5.11 Å². The molecule has 0 aliphatic rings. The van der Waals surface area contributed by atoms with Gasteiger partial charge in [-0.05, 0) is 11.6 Å². The summed E-state index contributed by atoms with van der Waals surface area (Å²) < 4.78 is 23.3. The highest BCUT2D eigenvalue weighted by atomic mass is 19.3. The molecule has 3 heteroatoms. The first-order chi connectivity index (χ1) is 6.20. The van der Waals surface area contributed by atoms with Crippen molar-refractivity contribution >= 4 is 0 Å². The summed E-state index contributed by atoms with van der Waals surface area (Å²) in [5.74, 6) is 0. The van der Waals surface area contributed by atoms with Crippen molar-refractivity contribution in [1.82, 2.24) is 0 Å². The van der Waals surface area contributed by atoms with E-state index >= 15 is 0 Å². The number of aliphatic hydroxyl groups is 1. The van der Waals surface area contributed by atoms with Gasteiger partial charge in [-0.2, -0.15) is 8.78 Å². The van der Waals surface area contributed by atoms with E-state index in [1.54, 1.807) is 24.3 Å². The molecule has 0 bridgehead atoms. The van der Waals surface area contributed by atoms with Crippen LogP contribution in [0.5, 0.6) is 0 Å². The van der Waals surface area contributed by atoms with Crippen molar-refractivity contribution in [2.75, 3.05) is 0 Å². The molecule has 0 amide bonds. The highest BCUT2D eigenvalue weighted by molar-refractivity contribution is 5.17. The Kier molecular flexibility index (Phi) is 3.58. The van der Waals surface area contributed by atoms with E-state index in [1.807, 2.05) is 6.07 Å². The quantitative estimate of drug-likeness (QED) is 0.765. The van der Waals surface area contributed by atoms with Crippen LogP contribution in [0.4, 0.5) is 8.78 Å². The van der Waals surface area contributed by atoms with Crippen molar-refractivity contribution in [3.8, 4) is 0 Å². The van der Waals surface area contributed by atoms with Gasteiger partial charge in [0.05, 0.1) is 6.10 Å². The minimum Gasteiger partial charge on any atom is -0.388 e. The number of rotatable bonds is 3. The number of hydrogen-bond acceptors (Lipinski definition) is 1. The van der Waals surface area contributed by atoms with Gasteiger partial charge in [0.15, 0.2) is 0 Å². The topological polar surface area (TPSA) is 20.2 Å². The lowest BCUT2D eigenvalue weighted by Crippen LogP contribution is -1.94. The zero-order valence-corrected chi connectivity index (χ0v) is 6.95. The number of halogens is 2. The molecular formula is C10H10F2O. The zero-order chi connectivity index (χ0) is 9.68. The molecule has 1 aromatic rings. The van der Waals surface area contributed by atoms with Gasteiger partial charge >= 0.3 is 0 Å². The Balaban J connectivity index is 2.59. The fourth-order valence-corrected chi connectivity index (χ4v) is 1.01. The molecule has 13 heavy (non-hydrogen) atoms. The maximum atomic E-state index is 11.7. The SMILES string of the molecule is OC(CC=C(F)F)c1ccccc1. The summed E-state index contributed by atoms with van der Waals surface area (Å²) in [5, 5.41) is 9.39. The predicted molar refractivity (Wildman–Crippen MR) is 46.3 cm³/mol. The third-order valence-corrected chi connectivity index (χ3v) is 1.68. The number of hydrogen-bond donors (Lipinski definition) is 1. The van der Waals surface area contributed by atoms with Crippen molar-refractivity contribution in [2.24, 2.45) is 0 Å². The first-order valence-corrected chi connectivity index (χ1v) is 3.94. The normalized spacial score (nSPS) is 12.2. The first-order valence-electron chi connectivity index (χ1n) is 3.94. The average Bonchev–Trinajstić information content (AvgIpc) is 2.15. The Labute approximate surface area is 75.3 Å². The summed E-state index contributed by atoms with van der Waals surface area (Å²) >= 11 is 0. The van der Waals surface area contributed by atoms with Crippen molar-refractivity contribution in [3.05, 3.63) is 48.1 Å². The molecule has 1 N–H and O–H groups in total. The summed E-state index contributed by atoms with van der Waals surface area (Å²) in [5.41, 5.74) is 0.653. The Bertz CT molecular complexity index is 278. The largest absolute Gasteiger partial charge is 0.388 e. The number of aliphatic hydroxyl groups excluding tert-OH is 1. The van der Waals surface area contributed by atoms with Gasteiger partial charge in [-0.25, -0.2) is 0 Å². The minimum atomic E-state index is -1.75. The monoisotopic (exact) mass is 184 g/mol. The van der Waals surface area contributed by atoms with Gasteiger partial charge in [0.2, 0.25) is 0 Å². The molecule has 0 radical (unpaired) electrons. The van der Waals surface area contributed by atoms with Crippen LogP contribution in [0.1, 0.15) is 18.1 Å². The fourth-order valence-electron chi connectivity index (χ4n) is 1.01. The molecule has 70 valence electrons. The molecule has 1 aromatic carbocycles. The van der Waals surface area contributed by atoms with E-state index < -0.39 is 12.2 Å². The lowest BCUT2D eigenvalue weighted by atomic mass is 10.1. The molecule has 1 unspecified atom stereocenters. The van der Waals surface area contributed by atoms with E-state index in [1.165, 1.54) is 0 Å². The van der Waals surface area contributed by atoms with Crippen LogP contribution in [0.15, 0.2) is 42.5 Å². The average molecular weight is 184 g/mol. The van der Waals surface area contributed by atoms with E-state index in [0.717, 1.165) is 6.08 Å². The summed E-state index contributed by atoms with van der Waals surface area (Å²) in [7, 11) is 0. The third-order valence-electron chi connectivity index (χ3n) is 1.68. The molecule has 0 fully saturated rings. The van der Waals surface area contributed by atoms with Crippen LogP contribution in [0.2, 0.25) is 0 Å². The molecule has 1 nitrogen and oxygen atoms in total. The maximum absolute atomic E-state index is 11.7. The van der Waals surface area contributed by atoms with Crippen LogP contribution < -0.4 is 0 Å². The molecule has 0 heterocycles. The molecule has 1 rings (SSSR count). The van der Waals surface area contributed by atoms with Crippen molar-refractivity contribution < 1.29 is 13.9 Å². The van der Waals surface area contributed by atoms with Crippen molar-refractivity contribution in [1.29, 1.82) is 0 Å². The van der Waals surface area contributed by atoms with Gasteiger partial charge in [-0.3, -0.25) is 0 Å². The standard InChI is InChI=1S/C10H10F2O/c11-10(12)7-6-9(13)8-4-2-1-3-5-8/h1-5,7,9,13H,6H2. The Morgan fingerprint density at radius 1 is 1.31 bits per heavy atom. The van der Waals surface area contributed by atoms with E-state index in [4.69, 9.17) is 0 Å². The Hall–Kier alpha value is -1.22. The van der Waals surface area contributed by atoms with Crippen LogP contribution in [0.25, 0.3) is 0 Å². The van der Waals surface area contributed by atoms with E-state index in [0.29, 0.717) is 5.56 Å². The van der Waals surface area contributed by atoms with Gasteiger partial charge in [-0.1, -0.05) is 30.3 Å². The highest BCUT2D eigenvalue weighted by Crippen LogP contribution is 2.17. The van der Waals surface area contributed by atoms with E-state index in [-0.39, 0.29) is 6.42 Å². The summed E-state index contributed by atoms with van der Waals surface area (Å²) in [4.78, 5) is 0. The van der Waals surface area contributed by atoms with Gasteiger partial charge in [0.25, 0.3) is 6.08 Å². The first kappa shape index (κ1) is 9.86. The third kappa shape index (κ3) is 3.34. The zero-order valence-electron chi connectivity index (χ0n) is 6.95. The molecule has 1 atom stereocenters. The van der Waals surface area contributed by atoms with Crippen LogP contribution in [0, 0.1) is 0 Å². The second kappa shape index (κ2) is 4.72. The van der Waals surface area contributed by atoms with Crippen molar-refractivity contribution in [3.63, 3.8) is 0 Å². The second-order valence-electron chi connectivity index (χ2n) is 2.66. The van der Waals surface area contributed by atoms with Crippen LogP contribution >= 0.6 is 0 Å². The molecule has 0 spiro atoms. The van der Waals surface area contributed by atoms with E-state index in [2.05, 4.69) is 0 Å². The molecule has 0 aromatic heterocycles. The second-order valence-corrected chi connectivity index (χ2v) is 2.66. The predicted octanol–water partition coefficient (Wildman–Crippen LogP) is 2.89. The molecule has 0 saturated carbocycles. The summed E-state index contributed by atoms with van der Waals surface area (Å²) in [6.07, 6.45) is -1.93. The van der Waals surface area contributed by atoms with Crippen LogP contribution in [-0.2, 0) is 0 Å². The Morgan fingerprint density at radius 2 is 1.92 bits per heavy atom. The van der Waals surface area contributed by atoms with E-state index in [9.17, 15) is 13.9 Å². The molecular weight excluding hydrogens is 174 g/mol. The van der Waals surface area contributed by atoms with Crippen molar-refractivity contribution in [2.45, 2.75) is 12.5 Å². The molecule has 0 saturated heterocycles. The van der Waals surface area contributed by atoms with Crippen LogP contribution in [0.3, 0.4) is 0 Å². The lowest BCUT2D eigenvalue weighted by Gasteiger charge is -2.06. The van der Waals surface area contributed by atoms with Gasteiger partial charge in [0.1, 0.15) is 0 Å². The molecule has 0 aliphatic heterocycles.